The summed E-state index contributed by atoms with van der Waals surface area (Å²) in [5, 5.41) is 12.1. The zero-order valence-corrected chi connectivity index (χ0v) is 17.5. The van der Waals surface area contributed by atoms with Gasteiger partial charge in [0.15, 0.2) is 11.0 Å². The van der Waals surface area contributed by atoms with Crippen LogP contribution in [0.5, 0.6) is 0 Å². The van der Waals surface area contributed by atoms with Crippen LogP contribution < -0.4 is 5.32 Å². The highest BCUT2D eigenvalue weighted by Crippen LogP contribution is 2.27. The van der Waals surface area contributed by atoms with Crippen LogP contribution in [0.4, 0.5) is 4.39 Å². The Bertz CT molecular complexity index is 945. The molecule has 0 spiro atoms. The number of aromatic nitrogens is 3. The highest BCUT2D eigenvalue weighted by molar-refractivity contribution is 7.99. The van der Waals surface area contributed by atoms with Crippen LogP contribution in [0.15, 0.2) is 59.8 Å². The lowest BCUT2D eigenvalue weighted by Gasteiger charge is -2.13. The van der Waals surface area contributed by atoms with Gasteiger partial charge in [-0.15, -0.1) is 10.2 Å². The Hall–Kier alpha value is -2.67. The number of carbonyl (C=O) groups is 1. The second-order valence-electron chi connectivity index (χ2n) is 6.90. The van der Waals surface area contributed by atoms with Gasteiger partial charge in [-0.25, -0.2) is 4.39 Å². The van der Waals surface area contributed by atoms with Gasteiger partial charge in [-0.05, 0) is 31.0 Å². The number of nitrogens with zero attached hydrogens (tertiary/aromatic N) is 3. The quantitative estimate of drug-likeness (QED) is 0.525. The molecule has 0 bridgehead atoms. The van der Waals surface area contributed by atoms with Crippen molar-refractivity contribution in [2.75, 3.05) is 5.75 Å². The maximum Gasteiger partial charge on any atom is 0.230 e. The average Bonchev–Trinajstić information content (AvgIpc) is 3.10. The lowest BCUT2D eigenvalue weighted by atomic mass is 10.2. The standard InChI is InChI=1S/C22H25FN4OS/c1-3-9-16(2)24-20(28)15-29-22-26-25-21(18-12-7-8-13-19(18)23)27(22)14-17-10-5-4-6-11-17/h4-8,10-13,16H,3,9,14-15H2,1-2H3,(H,24,28)/t16-/m0/s1. The van der Waals surface area contributed by atoms with Gasteiger partial charge >= 0.3 is 0 Å². The highest BCUT2D eigenvalue weighted by atomic mass is 32.2. The van der Waals surface area contributed by atoms with E-state index in [4.69, 9.17) is 0 Å². The van der Waals surface area contributed by atoms with Crippen LogP contribution in [0.3, 0.4) is 0 Å². The number of thioether (sulfide) groups is 1. The van der Waals surface area contributed by atoms with Gasteiger partial charge in [-0.2, -0.15) is 0 Å². The molecule has 2 aromatic carbocycles. The maximum absolute atomic E-state index is 14.4. The van der Waals surface area contributed by atoms with Gasteiger partial charge < -0.3 is 5.32 Å². The summed E-state index contributed by atoms with van der Waals surface area (Å²) in [6.45, 7) is 4.58. The molecule has 0 aliphatic rings. The molecule has 152 valence electrons. The summed E-state index contributed by atoms with van der Waals surface area (Å²) in [7, 11) is 0. The zero-order chi connectivity index (χ0) is 20.6. The van der Waals surface area contributed by atoms with E-state index in [2.05, 4.69) is 22.4 Å². The van der Waals surface area contributed by atoms with Gasteiger partial charge in [0.1, 0.15) is 5.82 Å². The molecule has 3 aromatic rings. The predicted molar refractivity (Wildman–Crippen MR) is 114 cm³/mol. The topological polar surface area (TPSA) is 59.8 Å². The minimum atomic E-state index is -0.350. The maximum atomic E-state index is 14.4. The monoisotopic (exact) mass is 412 g/mol. The van der Waals surface area contributed by atoms with Crippen molar-refractivity contribution in [3.8, 4) is 11.4 Å². The van der Waals surface area contributed by atoms with E-state index in [9.17, 15) is 9.18 Å². The molecule has 0 radical (unpaired) electrons. The molecule has 29 heavy (non-hydrogen) atoms. The largest absolute Gasteiger partial charge is 0.353 e. The van der Waals surface area contributed by atoms with Gasteiger partial charge in [0.05, 0.1) is 17.9 Å². The van der Waals surface area contributed by atoms with E-state index in [1.54, 1.807) is 18.2 Å². The molecule has 1 amide bonds. The van der Waals surface area contributed by atoms with Crippen LogP contribution >= 0.6 is 11.8 Å². The van der Waals surface area contributed by atoms with E-state index < -0.39 is 0 Å². The van der Waals surface area contributed by atoms with E-state index in [0.29, 0.717) is 23.1 Å². The smallest absolute Gasteiger partial charge is 0.230 e. The fourth-order valence-electron chi connectivity index (χ4n) is 3.10. The molecule has 1 atom stereocenters. The first-order chi connectivity index (χ1) is 14.1. The summed E-state index contributed by atoms with van der Waals surface area (Å²) >= 11 is 1.31. The van der Waals surface area contributed by atoms with Crippen molar-refractivity contribution in [3.05, 3.63) is 66.0 Å². The van der Waals surface area contributed by atoms with Crippen molar-refractivity contribution in [3.63, 3.8) is 0 Å². The van der Waals surface area contributed by atoms with Gasteiger partial charge in [-0.1, -0.05) is 67.6 Å². The third-order valence-electron chi connectivity index (χ3n) is 4.48. The third kappa shape index (κ3) is 5.67. The van der Waals surface area contributed by atoms with Crippen molar-refractivity contribution in [1.82, 2.24) is 20.1 Å². The van der Waals surface area contributed by atoms with Crippen LogP contribution in [0, 0.1) is 5.82 Å². The molecule has 7 heteroatoms. The number of hydrogen-bond donors (Lipinski definition) is 1. The zero-order valence-electron chi connectivity index (χ0n) is 16.6. The lowest BCUT2D eigenvalue weighted by Crippen LogP contribution is -2.33. The molecular weight excluding hydrogens is 387 g/mol. The third-order valence-corrected chi connectivity index (χ3v) is 5.44. The van der Waals surface area contributed by atoms with Crippen molar-refractivity contribution >= 4 is 17.7 Å². The SMILES string of the molecule is CCC[C@H](C)NC(=O)CSc1nnc(-c2ccccc2F)n1Cc1ccccc1. The van der Waals surface area contributed by atoms with Crippen LogP contribution in [-0.4, -0.2) is 32.5 Å². The number of amides is 1. The first-order valence-electron chi connectivity index (χ1n) is 9.72. The van der Waals surface area contributed by atoms with Crippen LogP contribution in [0.25, 0.3) is 11.4 Å². The summed E-state index contributed by atoms with van der Waals surface area (Å²) in [5.74, 6) is 0.293. The minimum Gasteiger partial charge on any atom is -0.353 e. The van der Waals surface area contributed by atoms with E-state index in [0.717, 1.165) is 18.4 Å². The lowest BCUT2D eigenvalue weighted by molar-refractivity contribution is -0.119. The Morgan fingerprint density at radius 3 is 2.59 bits per heavy atom. The summed E-state index contributed by atoms with van der Waals surface area (Å²) in [5.41, 5.74) is 1.44. The molecule has 0 fully saturated rings. The Morgan fingerprint density at radius 1 is 1.14 bits per heavy atom. The Kier molecular flexibility index (Phi) is 7.41. The predicted octanol–water partition coefficient (Wildman–Crippen LogP) is 4.53. The number of benzene rings is 2. The van der Waals surface area contributed by atoms with Crippen LogP contribution in [0.1, 0.15) is 32.3 Å². The summed E-state index contributed by atoms with van der Waals surface area (Å²) in [6.07, 6.45) is 1.96. The minimum absolute atomic E-state index is 0.0438. The summed E-state index contributed by atoms with van der Waals surface area (Å²) in [4.78, 5) is 12.3. The van der Waals surface area contributed by atoms with Crippen LogP contribution in [-0.2, 0) is 11.3 Å². The molecule has 3 rings (SSSR count). The van der Waals surface area contributed by atoms with Gasteiger partial charge in [0.2, 0.25) is 5.91 Å². The van der Waals surface area contributed by atoms with Gasteiger partial charge in [0, 0.05) is 6.04 Å². The van der Waals surface area contributed by atoms with Crippen molar-refractivity contribution in [2.45, 2.75) is 44.4 Å². The highest BCUT2D eigenvalue weighted by Gasteiger charge is 2.18. The Balaban J connectivity index is 1.83. The van der Waals surface area contributed by atoms with E-state index in [-0.39, 0.29) is 23.5 Å². The second kappa shape index (κ2) is 10.2. The second-order valence-corrected chi connectivity index (χ2v) is 7.85. The van der Waals surface area contributed by atoms with E-state index in [1.165, 1.54) is 17.8 Å². The number of hydrogen-bond acceptors (Lipinski definition) is 4. The van der Waals surface area contributed by atoms with Crippen molar-refractivity contribution < 1.29 is 9.18 Å². The van der Waals surface area contributed by atoms with E-state index in [1.807, 2.05) is 41.8 Å². The van der Waals surface area contributed by atoms with Gasteiger partial charge in [-0.3, -0.25) is 9.36 Å². The molecule has 0 aliphatic carbocycles. The molecule has 1 aromatic heterocycles. The fourth-order valence-corrected chi connectivity index (χ4v) is 3.85. The average molecular weight is 413 g/mol. The number of carbonyl (C=O) groups excluding carboxylic acids is 1. The molecule has 1 N–H and O–H groups in total. The first kappa shape index (κ1) is 21.0. The molecule has 0 saturated heterocycles. The van der Waals surface area contributed by atoms with Crippen molar-refractivity contribution in [2.24, 2.45) is 0 Å². The first-order valence-corrected chi connectivity index (χ1v) is 10.7. The Labute approximate surface area is 174 Å². The van der Waals surface area contributed by atoms with Crippen molar-refractivity contribution in [1.29, 1.82) is 0 Å². The molecule has 0 unspecified atom stereocenters. The molecule has 5 nitrogen and oxygen atoms in total. The molecule has 0 aliphatic heterocycles. The number of rotatable bonds is 9. The summed E-state index contributed by atoms with van der Waals surface area (Å²) < 4.78 is 16.2. The molecule has 1 heterocycles. The van der Waals surface area contributed by atoms with Gasteiger partial charge in [0.25, 0.3) is 0 Å². The fraction of sp³-hybridized carbons (Fsp3) is 0.318. The molecule has 0 saturated carbocycles. The Morgan fingerprint density at radius 2 is 1.86 bits per heavy atom. The molecular formula is C22H25FN4OS. The summed E-state index contributed by atoms with van der Waals surface area (Å²) in [6, 6.07) is 16.5. The van der Waals surface area contributed by atoms with E-state index >= 15 is 0 Å². The number of halogens is 1. The van der Waals surface area contributed by atoms with Crippen LogP contribution in [0.2, 0.25) is 0 Å². The number of nitrogens with one attached hydrogen (secondary N) is 1. The normalized spacial score (nSPS) is 12.0.